The molecule has 1 heterocycles. The number of amides is 2. The summed E-state index contributed by atoms with van der Waals surface area (Å²) in [6, 6.07) is 3.11. The Hall–Kier alpha value is -1.56. The molecule has 1 aromatic rings. The van der Waals surface area contributed by atoms with Crippen LogP contribution in [0.4, 0.5) is 5.69 Å². The molecule has 0 bridgehead atoms. The van der Waals surface area contributed by atoms with Gasteiger partial charge >= 0.3 is 0 Å². The topological polar surface area (TPSA) is 71.1 Å². The van der Waals surface area contributed by atoms with Gasteiger partial charge in [-0.3, -0.25) is 14.6 Å². The van der Waals surface area contributed by atoms with E-state index in [1.165, 1.54) is 6.92 Å². The van der Waals surface area contributed by atoms with Gasteiger partial charge in [0.2, 0.25) is 11.8 Å². The van der Waals surface area contributed by atoms with Gasteiger partial charge in [-0.25, -0.2) is 0 Å². The summed E-state index contributed by atoms with van der Waals surface area (Å²) < 4.78 is 0.0261. The maximum atomic E-state index is 12.4. The normalized spacial score (nSPS) is 12.6. The molecule has 0 saturated heterocycles. The Morgan fingerprint density at radius 2 is 1.91 bits per heavy atom. The molecule has 1 rings (SSSR count). The van der Waals surface area contributed by atoms with Gasteiger partial charge in [0.1, 0.15) is 6.04 Å². The Morgan fingerprint density at radius 1 is 1.27 bits per heavy atom. The van der Waals surface area contributed by atoms with Crippen molar-refractivity contribution in [2.24, 2.45) is 0 Å². The zero-order valence-electron chi connectivity index (χ0n) is 14.1. The lowest BCUT2D eigenvalue weighted by atomic mass is 10.2. The monoisotopic (exact) mass is 323 g/mol. The molecule has 0 radical (unpaired) electrons. The van der Waals surface area contributed by atoms with Crippen molar-refractivity contribution in [1.29, 1.82) is 0 Å². The largest absolute Gasteiger partial charge is 0.344 e. The van der Waals surface area contributed by atoms with Crippen LogP contribution in [0.15, 0.2) is 12.1 Å². The maximum Gasteiger partial charge on any atom is 0.247 e. The summed E-state index contributed by atoms with van der Waals surface area (Å²) in [5, 5.41) is 5.56. The van der Waals surface area contributed by atoms with Gasteiger partial charge in [-0.1, -0.05) is 20.8 Å². The summed E-state index contributed by atoms with van der Waals surface area (Å²) in [6.07, 6.45) is 0. The number of aromatic nitrogens is 1. The predicted molar refractivity (Wildman–Crippen MR) is 92.2 cm³/mol. The molecule has 0 aliphatic carbocycles. The molecule has 122 valence electrons. The van der Waals surface area contributed by atoms with Crippen LogP contribution in [0.5, 0.6) is 0 Å². The molecule has 1 unspecified atom stereocenters. The minimum atomic E-state index is -0.567. The van der Waals surface area contributed by atoms with E-state index in [1.54, 1.807) is 11.8 Å². The number of thioether (sulfide) groups is 1. The van der Waals surface area contributed by atoms with Crippen LogP contribution >= 0.6 is 11.8 Å². The fourth-order valence-corrected chi connectivity index (χ4v) is 2.70. The van der Waals surface area contributed by atoms with Crippen molar-refractivity contribution in [2.45, 2.75) is 52.3 Å². The van der Waals surface area contributed by atoms with E-state index in [2.05, 4.69) is 36.4 Å². The second-order valence-corrected chi connectivity index (χ2v) is 8.10. The number of nitrogens with one attached hydrogen (secondary N) is 2. The lowest BCUT2D eigenvalue weighted by molar-refractivity contribution is -0.124. The molecule has 2 amide bonds. The first-order valence-electron chi connectivity index (χ1n) is 7.24. The zero-order valence-corrected chi connectivity index (χ0v) is 14.9. The minimum absolute atomic E-state index is 0.0261. The number of carbonyl (C=O) groups is 2. The Labute approximate surface area is 136 Å². The Balaban J connectivity index is 2.80. The van der Waals surface area contributed by atoms with Gasteiger partial charge in [-0.15, -0.1) is 0 Å². The lowest BCUT2D eigenvalue weighted by Gasteiger charge is -2.23. The van der Waals surface area contributed by atoms with Gasteiger partial charge in [-0.05, 0) is 26.0 Å². The van der Waals surface area contributed by atoms with Crippen LogP contribution < -0.4 is 10.6 Å². The third kappa shape index (κ3) is 6.47. The summed E-state index contributed by atoms with van der Waals surface area (Å²) in [4.78, 5) is 28.1. The maximum absolute atomic E-state index is 12.4. The minimum Gasteiger partial charge on any atom is -0.344 e. The first-order chi connectivity index (χ1) is 10.1. The van der Waals surface area contributed by atoms with Crippen LogP contribution in [0.25, 0.3) is 0 Å². The molecule has 5 nitrogen and oxygen atoms in total. The second-order valence-electron chi connectivity index (χ2n) is 6.25. The predicted octanol–water partition coefficient (Wildman–Crippen LogP) is 2.67. The van der Waals surface area contributed by atoms with Crippen molar-refractivity contribution >= 4 is 29.3 Å². The van der Waals surface area contributed by atoms with Crippen molar-refractivity contribution in [3.8, 4) is 0 Å². The van der Waals surface area contributed by atoms with E-state index >= 15 is 0 Å². The van der Waals surface area contributed by atoms with Crippen molar-refractivity contribution in [2.75, 3.05) is 11.1 Å². The van der Waals surface area contributed by atoms with Crippen molar-refractivity contribution in [3.63, 3.8) is 0 Å². The average molecular weight is 323 g/mol. The van der Waals surface area contributed by atoms with Crippen molar-refractivity contribution in [1.82, 2.24) is 10.3 Å². The Bertz CT molecular complexity index is 553. The van der Waals surface area contributed by atoms with E-state index in [0.29, 0.717) is 11.4 Å². The fourth-order valence-electron chi connectivity index (χ4n) is 1.80. The highest BCUT2D eigenvalue weighted by atomic mass is 32.2. The molecule has 1 aromatic heterocycles. The molecule has 22 heavy (non-hydrogen) atoms. The standard InChI is InChI=1S/C16H25N3O2S/c1-10-7-8-13(11(2)17-10)19-15(21)14(18-12(3)20)9-22-16(4,5)6/h7-8,14H,9H2,1-6H3,(H,18,20)(H,19,21). The molecular formula is C16H25N3O2S. The van der Waals surface area contributed by atoms with Gasteiger partial charge in [0.25, 0.3) is 0 Å². The Kier molecular flexibility index (Phi) is 6.41. The molecule has 2 N–H and O–H groups in total. The number of rotatable bonds is 5. The quantitative estimate of drug-likeness (QED) is 0.874. The van der Waals surface area contributed by atoms with Gasteiger partial charge in [0, 0.05) is 23.1 Å². The highest BCUT2D eigenvalue weighted by Gasteiger charge is 2.23. The number of anilines is 1. The third-order valence-electron chi connectivity index (χ3n) is 2.86. The van der Waals surface area contributed by atoms with E-state index in [4.69, 9.17) is 0 Å². The number of pyridine rings is 1. The highest BCUT2D eigenvalue weighted by Crippen LogP contribution is 2.24. The summed E-state index contributed by atoms with van der Waals surface area (Å²) in [7, 11) is 0. The summed E-state index contributed by atoms with van der Waals surface area (Å²) in [6.45, 7) is 11.4. The van der Waals surface area contributed by atoms with Gasteiger partial charge in [-0.2, -0.15) is 11.8 Å². The molecule has 1 atom stereocenters. The highest BCUT2D eigenvalue weighted by molar-refractivity contribution is 8.00. The molecule has 0 spiro atoms. The van der Waals surface area contributed by atoms with E-state index in [-0.39, 0.29) is 16.6 Å². The van der Waals surface area contributed by atoms with Crippen LogP contribution in [0.2, 0.25) is 0 Å². The third-order valence-corrected chi connectivity index (χ3v) is 4.23. The molecule has 0 aliphatic rings. The first-order valence-corrected chi connectivity index (χ1v) is 8.23. The molecule has 0 saturated carbocycles. The lowest BCUT2D eigenvalue weighted by Crippen LogP contribution is -2.45. The number of hydrogen-bond acceptors (Lipinski definition) is 4. The van der Waals surface area contributed by atoms with Crippen LogP contribution in [0, 0.1) is 13.8 Å². The van der Waals surface area contributed by atoms with E-state index in [0.717, 1.165) is 11.4 Å². The molecular weight excluding hydrogens is 298 g/mol. The van der Waals surface area contributed by atoms with E-state index < -0.39 is 6.04 Å². The fraction of sp³-hybridized carbons (Fsp3) is 0.562. The Morgan fingerprint density at radius 3 is 2.41 bits per heavy atom. The molecule has 0 aliphatic heterocycles. The van der Waals surface area contributed by atoms with E-state index in [1.807, 2.05) is 26.0 Å². The molecule has 6 heteroatoms. The number of nitrogens with zero attached hydrogens (tertiary/aromatic N) is 1. The van der Waals surface area contributed by atoms with E-state index in [9.17, 15) is 9.59 Å². The van der Waals surface area contributed by atoms with Crippen molar-refractivity contribution in [3.05, 3.63) is 23.5 Å². The van der Waals surface area contributed by atoms with Gasteiger partial charge < -0.3 is 10.6 Å². The first kappa shape index (κ1) is 18.5. The van der Waals surface area contributed by atoms with Crippen molar-refractivity contribution < 1.29 is 9.59 Å². The molecule has 0 aromatic carbocycles. The van der Waals surface area contributed by atoms with Crippen LogP contribution in [0.1, 0.15) is 39.1 Å². The second kappa shape index (κ2) is 7.63. The van der Waals surface area contributed by atoms with Gasteiger partial charge in [0.15, 0.2) is 0 Å². The summed E-state index contributed by atoms with van der Waals surface area (Å²) in [5.41, 5.74) is 2.34. The zero-order chi connectivity index (χ0) is 16.9. The van der Waals surface area contributed by atoms with Crippen LogP contribution in [-0.4, -0.2) is 33.3 Å². The van der Waals surface area contributed by atoms with Crippen LogP contribution in [-0.2, 0) is 9.59 Å². The van der Waals surface area contributed by atoms with Crippen LogP contribution in [0.3, 0.4) is 0 Å². The number of carbonyl (C=O) groups excluding carboxylic acids is 2. The summed E-state index contributed by atoms with van der Waals surface area (Å²) in [5.74, 6) is 0.0851. The smallest absolute Gasteiger partial charge is 0.247 e. The number of aryl methyl sites for hydroxylation is 2. The number of hydrogen-bond donors (Lipinski definition) is 2. The SMILES string of the molecule is CC(=O)NC(CSC(C)(C)C)C(=O)Nc1ccc(C)nc1C. The molecule has 0 fully saturated rings. The summed E-state index contributed by atoms with van der Waals surface area (Å²) >= 11 is 1.64. The van der Waals surface area contributed by atoms with Gasteiger partial charge in [0.05, 0.1) is 11.4 Å². The average Bonchev–Trinajstić information content (AvgIpc) is 2.36.